The number of alkyl halides is 2. The summed E-state index contributed by atoms with van der Waals surface area (Å²) in [6.07, 6.45) is -0.930. The van der Waals surface area contributed by atoms with Gasteiger partial charge in [0.25, 0.3) is 5.89 Å². The van der Waals surface area contributed by atoms with E-state index < -0.39 is 23.5 Å². The van der Waals surface area contributed by atoms with Crippen LogP contribution in [0.15, 0.2) is 46.9 Å². The van der Waals surface area contributed by atoms with E-state index in [2.05, 4.69) is 26.9 Å². The number of hydrogen-bond acceptors (Lipinski definition) is 7. The highest BCUT2D eigenvalue weighted by Crippen LogP contribution is 2.27. The minimum atomic E-state index is -2.92. The lowest BCUT2D eigenvalue weighted by molar-refractivity contribution is 0.116. The Balaban J connectivity index is 1.28. The number of piperazine rings is 1. The zero-order chi connectivity index (χ0) is 27.8. The van der Waals surface area contributed by atoms with Crippen molar-refractivity contribution in [3.8, 4) is 17.2 Å². The summed E-state index contributed by atoms with van der Waals surface area (Å²) in [7, 11) is 0. The molecule has 8 nitrogen and oxygen atoms in total. The van der Waals surface area contributed by atoms with Crippen LogP contribution in [0.1, 0.15) is 37.6 Å². The molecule has 0 aliphatic carbocycles. The van der Waals surface area contributed by atoms with E-state index in [-0.39, 0.29) is 23.6 Å². The quantitative estimate of drug-likeness (QED) is 0.152. The molecule has 0 atom stereocenters. The standard InChI is InChI=1S/C27H31ClF3N5O3/c1-2-34-12-14-35(15-13-34)11-3-4-16-38-22-9-7-21(8-10-22)36(27(28)37)18-20-6-5-19(17-23(20)29)25-32-33-26(39-25)24(30)31/h5-10,17,24H,2-4,11-16,18H2,1H3. The molecule has 0 bridgehead atoms. The van der Waals surface area contributed by atoms with Crippen molar-refractivity contribution in [3.05, 3.63) is 59.7 Å². The monoisotopic (exact) mass is 565 g/mol. The summed E-state index contributed by atoms with van der Waals surface area (Å²) in [4.78, 5) is 18.3. The molecule has 0 radical (unpaired) electrons. The van der Waals surface area contributed by atoms with E-state index in [0.717, 1.165) is 58.2 Å². The number of unbranched alkanes of at least 4 members (excludes halogenated alkanes) is 1. The highest BCUT2D eigenvalue weighted by Gasteiger charge is 2.20. The van der Waals surface area contributed by atoms with Gasteiger partial charge < -0.3 is 19.0 Å². The van der Waals surface area contributed by atoms with Gasteiger partial charge in [0.15, 0.2) is 0 Å². The highest BCUT2D eigenvalue weighted by molar-refractivity contribution is 6.66. The minimum absolute atomic E-state index is 0.139. The highest BCUT2D eigenvalue weighted by atomic mass is 35.5. The van der Waals surface area contributed by atoms with Crippen LogP contribution in [0.5, 0.6) is 5.75 Å². The van der Waals surface area contributed by atoms with Gasteiger partial charge >= 0.3 is 11.8 Å². The average Bonchev–Trinajstić information content (AvgIpc) is 3.44. The molecule has 1 aromatic heterocycles. The number of nitrogens with zero attached hydrogens (tertiary/aromatic N) is 5. The number of benzene rings is 2. The molecule has 0 saturated carbocycles. The Morgan fingerprint density at radius 3 is 2.41 bits per heavy atom. The topological polar surface area (TPSA) is 74.9 Å². The van der Waals surface area contributed by atoms with Crippen LogP contribution in [0.4, 0.5) is 23.7 Å². The summed E-state index contributed by atoms with van der Waals surface area (Å²) in [5, 5.41) is 5.97. The second-order valence-electron chi connectivity index (χ2n) is 9.22. The van der Waals surface area contributed by atoms with E-state index in [0.29, 0.717) is 18.0 Å². The second kappa shape index (κ2) is 13.8. The van der Waals surface area contributed by atoms with E-state index in [1.54, 1.807) is 24.3 Å². The number of likely N-dealkylation sites (N-methyl/N-ethyl adjacent to an activating group) is 1. The van der Waals surface area contributed by atoms with Crippen molar-refractivity contribution in [1.82, 2.24) is 20.0 Å². The molecule has 2 aromatic carbocycles. The molecule has 0 spiro atoms. The zero-order valence-electron chi connectivity index (χ0n) is 21.7. The fourth-order valence-electron chi connectivity index (χ4n) is 4.35. The Morgan fingerprint density at radius 2 is 1.79 bits per heavy atom. The number of carbonyl (C=O) groups excluding carboxylic acids is 1. The van der Waals surface area contributed by atoms with Crippen LogP contribution in [0.2, 0.25) is 0 Å². The van der Waals surface area contributed by atoms with Gasteiger partial charge in [-0.25, -0.2) is 4.39 Å². The molecule has 12 heteroatoms. The van der Waals surface area contributed by atoms with Crippen molar-refractivity contribution in [2.45, 2.75) is 32.7 Å². The van der Waals surface area contributed by atoms with Gasteiger partial charge in [-0.15, -0.1) is 10.2 Å². The van der Waals surface area contributed by atoms with E-state index in [1.165, 1.54) is 17.0 Å². The van der Waals surface area contributed by atoms with Gasteiger partial charge in [-0.2, -0.15) is 8.78 Å². The van der Waals surface area contributed by atoms with E-state index in [9.17, 15) is 18.0 Å². The van der Waals surface area contributed by atoms with Crippen molar-refractivity contribution >= 4 is 22.7 Å². The normalized spacial score (nSPS) is 14.6. The largest absolute Gasteiger partial charge is 0.494 e. The first kappa shape index (κ1) is 28.8. The van der Waals surface area contributed by atoms with Gasteiger partial charge in [-0.3, -0.25) is 9.69 Å². The lowest BCUT2D eigenvalue weighted by Gasteiger charge is -2.33. The fraction of sp³-hybridized carbons (Fsp3) is 0.444. The third-order valence-corrected chi connectivity index (χ3v) is 6.87. The summed E-state index contributed by atoms with van der Waals surface area (Å²) < 4.78 is 50.9. The second-order valence-corrected chi connectivity index (χ2v) is 9.54. The number of halogens is 4. The van der Waals surface area contributed by atoms with Gasteiger partial charge in [0, 0.05) is 43.0 Å². The van der Waals surface area contributed by atoms with E-state index >= 15 is 0 Å². The molecule has 1 saturated heterocycles. The summed E-state index contributed by atoms with van der Waals surface area (Å²) >= 11 is 5.80. The first-order chi connectivity index (χ1) is 18.8. The summed E-state index contributed by atoms with van der Waals surface area (Å²) in [5.41, 5.74) is 0.772. The van der Waals surface area contributed by atoms with Crippen molar-refractivity contribution in [2.24, 2.45) is 0 Å². The predicted molar refractivity (Wildman–Crippen MR) is 142 cm³/mol. The fourth-order valence-corrected chi connectivity index (χ4v) is 4.51. The van der Waals surface area contributed by atoms with Crippen LogP contribution in [0.3, 0.4) is 0 Å². The van der Waals surface area contributed by atoms with Crippen LogP contribution >= 0.6 is 11.6 Å². The third-order valence-electron chi connectivity index (χ3n) is 6.67. The van der Waals surface area contributed by atoms with Gasteiger partial charge in [0.1, 0.15) is 11.6 Å². The smallest absolute Gasteiger partial charge is 0.321 e. The molecule has 39 heavy (non-hydrogen) atoms. The molecule has 1 fully saturated rings. The van der Waals surface area contributed by atoms with Crippen molar-refractivity contribution < 1.29 is 27.1 Å². The summed E-state index contributed by atoms with van der Waals surface area (Å²) in [6.45, 7) is 9.29. The lowest BCUT2D eigenvalue weighted by atomic mass is 10.1. The van der Waals surface area contributed by atoms with Crippen LogP contribution in [-0.4, -0.2) is 71.2 Å². The number of anilines is 1. The van der Waals surface area contributed by atoms with Gasteiger partial charge in [0.05, 0.1) is 13.2 Å². The Kier molecular flexibility index (Phi) is 10.2. The van der Waals surface area contributed by atoms with Crippen LogP contribution < -0.4 is 9.64 Å². The maximum Gasteiger partial charge on any atom is 0.321 e. The third kappa shape index (κ3) is 7.93. The van der Waals surface area contributed by atoms with Crippen molar-refractivity contribution in [2.75, 3.05) is 50.8 Å². The Labute approximate surface area is 230 Å². The number of rotatable bonds is 12. The van der Waals surface area contributed by atoms with E-state index in [1.807, 2.05) is 0 Å². The maximum absolute atomic E-state index is 14.8. The molecule has 0 N–H and O–H groups in total. The SMILES string of the molecule is CCN1CCN(CCCCOc2ccc(N(Cc3ccc(-c4nnc(C(F)F)o4)cc3F)C(=O)Cl)cc2)CC1. The number of aromatic nitrogens is 2. The summed E-state index contributed by atoms with van der Waals surface area (Å²) in [6, 6.07) is 10.8. The van der Waals surface area contributed by atoms with Crippen molar-refractivity contribution in [1.29, 1.82) is 0 Å². The van der Waals surface area contributed by atoms with Gasteiger partial charge in [0.2, 0.25) is 5.89 Å². The average molecular weight is 566 g/mol. The van der Waals surface area contributed by atoms with Gasteiger partial charge in [-0.05, 0) is 73.9 Å². The molecule has 2 heterocycles. The molecule has 0 unspecified atom stereocenters. The molecule has 1 aliphatic rings. The Bertz CT molecular complexity index is 1220. The molecule has 1 aliphatic heterocycles. The van der Waals surface area contributed by atoms with E-state index in [4.69, 9.17) is 20.8 Å². The van der Waals surface area contributed by atoms with Crippen LogP contribution in [0, 0.1) is 5.82 Å². The Hall–Kier alpha value is -3.15. The van der Waals surface area contributed by atoms with Crippen molar-refractivity contribution in [3.63, 3.8) is 0 Å². The maximum atomic E-state index is 14.8. The molecule has 4 rings (SSSR count). The zero-order valence-corrected chi connectivity index (χ0v) is 22.4. The first-order valence-corrected chi connectivity index (χ1v) is 13.3. The van der Waals surface area contributed by atoms with Gasteiger partial charge in [-0.1, -0.05) is 13.0 Å². The lowest BCUT2D eigenvalue weighted by Crippen LogP contribution is -2.46. The molecule has 3 aromatic rings. The Morgan fingerprint density at radius 1 is 1.08 bits per heavy atom. The number of amides is 1. The molecule has 210 valence electrons. The molecule has 1 amide bonds. The number of ether oxygens (including phenoxy) is 1. The first-order valence-electron chi connectivity index (χ1n) is 12.9. The number of carbonyl (C=O) groups is 1. The molecular formula is C27H31ClF3N5O3. The van der Waals surface area contributed by atoms with Crippen LogP contribution in [-0.2, 0) is 6.54 Å². The predicted octanol–water partition coefficient (Wildman–Crippen LogP) is 5.98. The summed E-state index contributed by atoms with van der Waals surface area (Å²) in [5.74, 6) is -1.09. The minimum Gasteiger partial charge on any atom is -0.494 e. The molecular weight excluding hydrogens is 535 g/mol. The number of hydrogen-bond donors (Lipinski definition) is 0. The van der Waals surface area contributed by atoms with Crippen LogP contribution in [0.25, 0.3) is 11.5 Å².